The van der Waals surface area contributed by atoms with Crippen molar-refractivity contribution in [3.8, 4) is 5.88 Å². The van der Waals surface area contributed by atoms with Gasteiger partial charge in [-0.05, 0) is 12.8 Å². The van der Waals surface area contributed by atoms with Gasteiger partial charge in [0.1, 0.15) is 6.61 Å². The molecule has 0 bridgehead atoms. The number of nitrogens with one attached hydrogen (secondary N) is 1. The molecule has 0 amide bonds. The van der Waals surface area contributed by atoms with Gasteiger partial charge in [0.25, 0.3) is 0 Å². The van der Waals surface area contributed by atoms with Crippen LogP contribution >= 0.6 is 0 Å². The molecule has 0 unspecified atom stereocenters. The number of ketones is 1. The minimum Gasteiger partial charge on any atom is -0.470 e. The molecule has 1 aliphatic carbocycles. The van der Waals surface area contributed by atoms with Crippen LogP contribution in [0.15, 0.2) is 12.3 Å². The van der Waals surface area contributed by atoms with Gasteiger partial charge in [0.2, 0.25) is 5.88 Å². The maximum Gasteiger partial charge on any atom is 0.209 e. The average Bonchev–Trinajstić information content (AvgIpc) is 2.87. The topological polar surface area (TPSA) is 55.0 Å². The van der Waals surface area contributed by atoms with Gasteiger partial charge >= 0.3 is 0 Å². The quantitative estimate of drug-likeness (QED) is 0.791. The summed E-state index contributed by atoms with van der Waals surface area (Å²) >= 11 is 0. The van der Waals surface area contributed by atoms with Gasteiger partial charge in [0.15, 0.2) is 5.78 Å². The minimum absolute atomic E-state index is 0.173. The van der Waals surface area contributed by atoms with Crippen LogP contribution in [0, 0.1) is 5.92 Å². The van der Waals surface area contributed by atoms with Crippen molar-refractivity contribution in [3.63, 3.8) is 0 Å². The Bertz CT molecular complexity index is 289. The number of rotatable bonds is 4. The number of Topliss-reactive ketones (excluding diaryl/α,β-unsaturated/α-hetero) is 1. The Morgan fingerprint density at radius 1 is 1.57 bits per heavy atom. The Hall–Kier alpha value is -1.32. The molecule has 76 valence electrons. The van der Waals surface area contributed by atoms with E-state index in [9.17, 15) is 4.79 Å². The molecule has 1 heterocycles. The molecule has 0 aliphatic heterocycles. The van der Waals surface area contributed by atoms with Crippen LogP contribution in [0.4, 0.5) is 0 Å². The van der Waals surface area contributed by atoms with Gasteiger partial charge in [0, 0.05) is 12.0 Å². The SMILES string of the molecule is O=C(COc1ccn[nH]1)C1CCCC1. The molecule has 1 aromatic rings. The maximum atomic E-state index is 11.6. The van der Waals surface area contributed by atoms with Crippen molar-refractivity contribution < 1.29 is 9.53 Å². The summed E-state index contributed by atoms with van der Waals surface area (Å²) in [5.74, 6) is 1.02. The van der Waals surface area contributed by atoms with Crippen LogP contribution in [-0.4, -0.2) is 22.6 Å². The first kappa shape index (κ1) is 9.24. The Kier molecular flexibility index (Phi) is 2.81. The summed E-state index contributed by atoms with van der Waals surface area (Å²) in [6, 6.07) is 1.71. The molecule has 0 radical (unpaired) electrons. The number of ether oxygens (including phenoxy) is 1. The molecule has 14 heavy (non-hydrogen) atoms. The second kappa shape index (κ2) is 4.26. The molecule has 1 saturated carbocycles. The molecule has 1 fully saturated rings. The van der Waals surface area contributed by atoms with Crippen molar-refractivity contribution in [1.29, 1.82) is 0 Å². The number of aromatic amines is 1. The van der Waals surface area contributed by atoms with E-state index in [1.807, 2.05) is 0 Å². The van der Waals surface area contributed by atoms with E-state index in [1.54, 1.807) is 12.3 Å². The maximum absolute atomic E-state index is 11.6. The summed E-state index contributed by atoms with van der Waals surface area (Å²) in [6.07, 6.45) is 6.03. The molecule has 4 heteroatoms. The number of hydrogen-bond acceptors (Lipinski definition) is 3. The molecule has 4 nitrogen and oxygen atoms in total. The Labute approximate surface area is 82.7 Å². The lowest BCUT2D eigenvalue weighted by atomic mass is 10.0. The van der Waals surface area contributed by atoms with E-state index in [2.05, 4.69) is 10.2 Å². The Morgan fingerprint density at radius 3 is 3.00 bits per heavy atom. The molecule has 2 rings (SSSR count). The van der Waals surface area contributed by atoms with Crippen LogP contribution in [0.2, 0.25) is 0 Å². The lowest BCUT2D eigenvalue weighted by Crippen LogP contribution is -2.19. The van der Waals surface area contributed by atoms with Crippen molar-refractivity contribution >= 4 is 5.78 Å². The third-order valence-corrected chi connectivity index (χ3v) is 2.66. The summed E-state index contributed by atoms with van der Waals surface area (Å²) in [5, 5.41) is 6.39. The minimum atomic E-state index is 0.173. The lowest BCUT2D eigenvalue weighted by Gasteiger charge is -2.07. The Morgan fingerprint density at radius 2 is 2.36 bits per heavy atom. The molecular formula is C10H14N2O2. The van der Waals surface area contributed by atoms with Gasteiger partial charge in [0.05, 0.1) is 6.20 Å². The third kappa shape index (κ3) is 2.13. The molecule has 0 aromatic carbocycles. The fraction of sp³-hybridized carbons (Fsp3) is 0.600. The van der Waals surface area contributed by atoms with Crippen LogP contribution < -0.4 is 4.74 Å². The zero-order chi connectivity index (χ0) is 9.80. The van der Waals surface area contributed by atoms with E-state index in [1.165, 1.54) is 12.8 Å². The van der Waals surface area contributed by atoms with Crippen molar-refractivity contribution in [3.05, 3.63) is 12.3 Å². The summed E-state index contributed by atoms with van der Waals surface area (Å²) in [5.41, 5.74) is 0. The number of H-pyrrole nitrogens is 1. The highest BCUT2D eigenvalue weighted by Crippen LogP contribution is 2.25. The van der Waals surface area contributed by atoms with Gasteiger partial charge in [-0.3, -0.25) is 4.79 Å². The molecule has 0 saturated heterocycles. The highest BCUT2D eigenvalue weighted by Gasteiger charge is 2.22. The average molecular weight is 194 g/mol. The zero-order valence-electron chi connectivity index (χ0n) is 8.03. The predicted octanol–water partition coefficient (Wildman–Crippen LogP) is 1.55. The van der Waals surface area contributed by atoms with Crippen molar-refractivity contribution in [2.75, 3.05) is 6.61 Å². The fourth-order valence-corrected chi connectivity index (χ4v) is 1.84. The molecule has 1 N–H and O–H groups in total. The first-order valence-corrected chi connectivity index (χ1v) is 5.01. The first-order chi connectivity index (χ1) is 6.86. The van der Waals surface area contributed by atoms with E-state index >= 15 is 0 Å². The van der Waals surface area contributed by atoms with E-state index in [4.69, 9.17) is 4.74 Å². The number of carbonyl (C=O) groups excluding carboxylic acids is 1. The molecule has 0 spiro atoms. The molecule has 1 aliphatic rings. The second-order valence-electron chi connectivity index (χ2n) is 3.66. The largest absolute Gasteiger partial charge is 0.470 e. The third-order valence-electron chi connectivity index (χ3n) is 2.66. The van der Waals surface area contributed by atoms with Crippen molar-refractivity contribution in [1.82, 2.24) is 10.2 Å². The van der Waals surface area contributed by atoms with Crippen LogP contribution in [-0.2, 0) is 4.79 Å². The van der Waals surface area contributed by atoms with E-state index in [-0.39, 0.29) is 18.3 Å². The van der Waals surface area contributed by atoms with Gasteiger partial charge in [-0.25, -0.2) is 5.10 Å². The molecular weight excluding hydrogens is 180 g/mol. The summed E-state index contributed by atoms with van der Waals surface area (Å²) in [7, 11) is 0. The second-order valence-corrected chi connectivity index (χ2v) is 3.66. The van der Waals surface area contributed by atoms with Gasteiger partial charge < -0.3 is 4.74 Å². The van der Waals surface area contributed by atoms with Gasteiger partial charge in [-0.2, -0.15) is 5.10 Å². The van der Waals surface area contributed by atoms with Crippen LogP contribution in [0.5, 0.6) is 5.88 Å². The van der Waals surface area contributed by atoms with Crippen molar-refractivity contribution in [2.24, 2.45) is 5.92 Å². The Balaban J connectivity index is 1.77. The zero-order valence-corrected chi connectivity index (χ0v) is 8.03. The molecule has 1 aromatic heterocycles. The first-order valence-electron chi connectivity index (χ1n) is 5.01. The standard InChI is InChI=1S/C10H14N2O2/c13-9(8-3-1-2-4-8)7-14-10-5-6-11-12-10/h5-6,8H,1-4,7H2,(H,11,12). The van der Waals surface area contributed by atoms with Crippen LogP contribution in [0.3, 0.4) is 0 Å². The number of aromatic nitrogens is 2. The summed E-state index contributed by atoms with van der Waals surface area (Å²) in [6.45, 7) is 0.173. The van der Waals surface area contributed by atoms with Gasteiger partial charge in [-0.1, -0.05) is 12.8 Å². The normalized spacial score (nSPS) is 17.1. The number of nitrogens with zero attached hydrogens (tertiary/aromatic N) is 1. The van der Waals surface area contributed by atoms with E-state index in [0.717, 1.165) is 12.8 Å². The van der Waals surface area contributed by atoms with Crippen molar-refractivity contribution in [2.45, 2.75) is 25.7 Å². The summed E-state index contributed by atoms with van der Waals surface area (Å²) < 4.78 is 5.25. The molecule has 0 atom stereocenters. The smallest absolute Gasteiger partial charge is 0.209 e. The lowest BCUT2D eigenvalue weighted by molar-refractivity contribution is -0.124. The number of hydrogen-bond donors (Lipinski definition) is 1. The highest BCUT2D eigenvalue weighted by atomic mass is 16.5. The fourth-order valence-electron chi connectivity index (χ4n) is 1.84. The van der Waals surface area contributed by atoms with E-state index in [0.29, 0.717) is 5.88 Å². The highest BCUT2D eigenvalue weighted by molar-refractivity contribution is 5.82. The number of carbonyl (C=O) groups is 1. The van der Waals surface area contributed by atoms with Gasteiger partial charge in [-0.15, -0.1) is 0 Å². The summed E-state index contributed by atoms with van der Waals surface area (Å²) in [4.78, 5) is 11.6. The van der Waals surface area contributed by atoms with Crippen LogP contribution in [0.25, 0.3) is 0 Å². The predicted molar refractivity (Wildman–Crippen MR) is 51.0 cm³/mol. The van der Waals surface area contributed by atoms with Crippen LogP contribution in [0.1, 0.15) is 25.7 Å². The monoisotopic (exact) mass is 194 g/mol. The van der Waals surface area contributed by atoms with E-state index < -0.39 is 0 Å².